The van der Waals surface area contributed by atoms with Gasteiger partial charge in [0.1, 0.15) is 0 Å². The zero-order valence-electron chi connectivity index (χ0n) is 9.26. The van der Waals surface area contributed by atoms with E-state index in [1.807, 2.05) is 12.1 Å². The van der Waals surface area contributed by atoms with Crippen LogP contribution in [0.15, 0.2) is 18.2 Å². The summed E-state index contributed by atoms with van der Waals surface area (Å²) in [6.45, 7) is 0. The lowest BCUT2D eigenvalue weighted by Gasteiger charge is -2.17. The minimum Gasteiger partial charge on any atom is -0.328 e. The molecule has 1 aliphatic rings. The molecular weight excluding hydrogens is 241 g/mol. The highest BCUT2D eigenvalue weighted by Gasteiger charge is 2.19. The fourth-order valence-electron chi connectivity index (χ4n) is 2.47. The van der Waals surface area contributed by atoms with Crippen molar-refractivity contribution in [3.8, 4) is 0 Å². The monoisotopic (exact) mass is 257 g/mol. The number of nitrogens with two attached hydrogens (primary N) is 1. The largest absolute Gasteiger partial charge is 0.328 e. The van der Waals surface area contributed by atoms with Gasteiger partial charge in [-0.2, -0.15) is 0 Å². The van der Waals surface area contributed by atoms with Crippen LogP contribution in [-0.4, -0.2) is 6.04 Å². The first-order chi connectivity index (χ1) is 7.66. The summed E-state index contributed by atoms with van der Waals surface area (Å²) >= 11 is 12.0. The van der Waals surface area contributed by atoms with Crippen LogP contribution in [0.3, 0.4) is 0 Å². The summed E-state index contributed by atoms with van der Waals surface area (Å²) in [6.07, 6.45) is 5.94. The van der Waals surface area contributed by atoms with E-state index in [1.165, 1.54) is 24.8 Å². The van der Waals surface area contributed by atoms with Gasteiger partial charge in [0.05, 0.1) is 10.0 Å². The van der Waals surface area contributed by atoms with Crippen molar-refractivity contribution < 1.29 is 0 Å². The molecule has 88 valence electrons. The molecule has 1 nitrogen and oxygen atoms in total. The zero-order valence-corrected chi connectivity index (χ0v) is 10.8. The van der Waals surface area contributed by atoms with Gasteiger partial charge in [-0.25, -0.2) is 0 Å². The lowest BCUT2D eigenvalue weighted by atomic mass is 9.91. The first-order valence-electron chi connectivity index (χ1n) is 5.87. The van der Waals surface area contributed by atoms with Gasteiger partial charge in [-0.05, 0) is 42.9 Å². The molecule has 0 aliphatic heterocycles. The Morgan fingerprint density at radius 1 is 1.06 bits per heavy atom. The highest BCUT2D eigenvalue weighted by molar-refractivity contribution is 6.42. The van der Waals surface area contributed by atoms with E-state index in [4.69, 9.17) is 28.9 Å². The molecule has 0 heterocycles. The average molecular weight is 258 g/mol. The number of halogens is 2. The summed E-state index contributed by atoms with van der Waals surface area (Å²) in [4.78, 5) is 0. The van der Waals surface area contributed by atoms with Crippen LogP contribution in [-0.2, 0) is 0 Å². The van der Waals surface area contributed by atoms with E-state index in [-0.39, 0.29) is 0 Å². The molecule has 1 fully saturated rings. The van der Waals surface area contributed by atoms with Crippen molar-refractivity contribution in [3.05, 3.63) is 33.8 Å². The second-order valence-electron chi connectivity index (χ2n) is 4.65. The SMILES string of the molecule is N[C@H]1CCCC[C@@H](c2ccc(Cl)c(Cl)c2)C1. The van der Waals surface area contributed by atoms with Crippen LogP contribution < -0.4 is 5.73 Å². The lowest BCUT2D eigenvalue weighted by Crippen LogP contribution is -2.20. The van der Waals surface area contributed by atoms with E-state index < -0.39 is 0 Å². The van der Waals surface area contributed by atoms with Crippen LogP contribution in [0.4, 0.5) is 0 Å². The molecule has 0 spiro atoms. The van der Waals surface area contributed by atoms with Gasteiger partial charge in [-0.1, -0.05) is 42.1 Å². The van der Waals surface area contributed by atoms with Crippen LogP contribution in [0, 0.1) is 0 Å². The molecule has 1 aromatic rings. The Hall–Kier alpha value is -0.240. The molecule has 0 radical (unpaired) electrons. The quantitative estimate of drug-likeness (QED) is 0.744. The summed E-state index contributed by atoms with van der Waals surface area (Å²) in [5, 5.41) is 1.28. The van der Waals surface area contributed by atoms with E-state index in [2.05, 4.69) is 6.07 Å². The van der Waals surface area contributed by atoms with Crippen molar-refractivity contribution in [2.45, 2.75) is 44.1 Å². The third kappa shape index (κ3) is 2.91. The fourth-order valence-corrected chi connectivity index (χ4v) is 2.77. The second-order valence-corrected chi connectivity index (χ2v) is 5.47. The van der Waals surface area contributed by atoms with Gasteiger partial charge >= 0.3 is 0 Å². The van der Waals surface area contributed by atoms with Gasteiger partial charge in [0.25, 0.3) is 0 Å². The summed E-state index contributed by atoms with van der Waals surface area (Å²) in [5.41, 5.74) is 7.36. The standard InChI is InChI=1S/C13H17Cl2N/c14-12-6-5-10(8-13(12)15)9-3-1-2-4-11(16)7-9/h5-6,8-9,11H,1-4,7,16H2/t9-,11+/m1/s1. The predicted octanol–water partition coefficient (Wildman–Crippen LogP) is 4.37. The van der Waals surface area contributed by atoms with Crippen molar-refractivity contribution in [1.82, 2.24) is 0 Å². The van der Waals surface area contributed by atoms with Gasteiger partial charge in [0.2, 0.25) is 0 Å². The van der Waals surface area contributed by atoms with Crippen LogP contribution in [0.2, 0.25) is 10.0 Å². The fraction of sp³-hybridized carbons (Fsp3) is 0.538. The smallest absolute Gasteiger partial charge is 0.0595 e. The highest BCUT2D eigenvalue weighted by atomic mass is 35.5. The van der Waals surface area contributed by atoms with Crippen LogP contribution in [0.5, 0.6) is 0 Å². The van der Waals surface area contributed by atoms with Crippen molar-refractivity contribution in [1.29, 1.82) is 0 Å². The molecular formula is C13H17Cl2N. The Morgan fingerprint density at radius 2 is 1.81 bits per heavy atom. The van der Waals surface area contributed by atoms with Crippen molar-refractivity contribution >= 4 is 23.2 Å². The van der Waals surface area contributed by atoms with Gasteiger partial charge in [0, 0.05) is 6.04 Å². The minimum atomic E-state index is 0.335. The Morgan fingerprint density at radius 3 is 2.56 bits per heavy atom. The predicted molar refractivity (Wildman–Crippen MR) is 70.3 cm³/mol. The molecule has 1 saturated carbocycles. The van der Waals surface area contributed by atoms with E-state index in [9.17, 15) is 0 Å². The third-order valence-corrected chi connectivity index (χ3v) is 4.12. The Bertz CT molecular complexity index is 365. The molecule has 0 amide bonds. The van der Waals surface area contributed by atoms with Gasteiger partial charge in [-0.3, -0.25) is 0 Å². The van der Waals surface area contributed by atoms with Crippen molar-refractivity contribution in [3.63, 3.8) is 0 Å². The maximum atomic E-state index is 6.07. The highest BCUT2D eigenvalue weighted by Crippen LogP contribution is 2.34. The summed E-state index contributed by atoms with van der Waals surface area (Å²) in [7, 11) is 0. The van der Waals surface area contributed by atoms with Gasteiger partial charge in [0.15, 0.2) is 0 Å². The number of hydrogen-bond donors (Lipinski definition) is 1. The summed E-state index contributed by atoms with van der Waals surface area (Å²) < 4.78 is 0. The molecule has 1 aromatic carbocycles. The van der Waals surface area contributed by atoms with E-state index in [0.29, 0.717) is 22.0 Å². The van der Waals surface area contributed by atoms with Crippen LogP contribution >= 0.6 is 23.2 Å². The van der Waals surface area contributed by atoms with Crippen molar-refractivity contribution in [2.24, 2.45) is 5.73 Å². The van der Waals surface area contributed by atoms with Gasteiger partial charge < -0.3 is 5.73 Å². The number of benzene rings is 1. The van der Waals surface area contributed by atoms with E-state index in [1.54, 1.807) is 0 Å². The number of hydrogen-bond acceptors (Lipinski definition) is 1. The summed E-state index contributed by atoms with van der Waals surface area (Å²) in [6, 6.07) is 6.29. The maximum Gasteiger partial charge on any atom is 0.0595 e. The Labute approximate surface area is 107 Å². The molecule has 16 heavy (non-hydrogen) atoms. The Balaban J connectivity index is 2.18. The molecule has 2 N–H and O–H groups in total. The van der Waals surface area contributed by atoms with E-state index >= 15 is 0 Å². The number of rotatable bonds is 1. The molecule has 0 aromatic heterocycles. The molecule has 0 saturated heterocycles. The minimum absolute atomic E-state index is 0.335. The second kappa shape index (κ2) is 5.39. The topological polar surface area (TPSA) is 26.0 Å². The molecule has 2 atom stereocenters. The molecule has 3 heteroatoms. The van der Waals surface area contributed by atoms with E-state index in [0.717, 1.165) is 12.8 Å². The molecule has 2 rings (SSSR count). The maximum absolute atomic E-state index is 6.07. The van der Waals surface area contributed by atoms with Crippen molar-refractivity contribution in [2.75, 3.05) is 0 Å². The average Bonchev–Trinajstić information content (AvgIpc) is 2.47. The Kier molecular flexibility index (Phi) is 4.12. The first kappa shape index (κ1) is 12.2. The van der Waals surface area contributed by atoms with Crippen LogP contribution in [0.1, 0.15) is 43.6 Å². The molecule has 0 bridgehead atoms. The lowest BCUT2D eigenvalue weighted by molar-refractivity contribution is 0.535. The zero-order chi connectivity index (χ0) is 11.5. The molecule has 1 aliphatic carbocycles. The van der Waals surface area contributed by atoms with Gasteiger partial charge in [-0.15, -0.1) is 0 Å². The summed E-state index contributed by atoms with van der Waals surface area (Å²) in [5.74, 6) is 0.548. The third-order valence-electron chi connectivity index (χ3n) is 3.38. The molecule has 0 unspecified atom stereocenters. The van der Waals surface area contributed by atoms with Crippen LogP contribution in [0.25, 0.3) is 0 Å². The normalized spacial score (nSPS) is 26.4. The first-order valence-corrected chi connectivity index (χ1v) is 6.63.